The van der Waals surface area contributed by atoms with Gasteiger partial charge < -0.3 is 14.6 Å². The number of nitrogens with zero attached hydrogens (tertiary/aromatic N) is 6. The number of aromatic amines is 2. The standard InChI is InChI=1S/C25H22N8OS/c1-33(2)5-6-34-16-8-15(10-26-11-16)19-9-17-20(14-28-19)31-32-24(17)25-29-21-13-27-12-18(23(21)30-25)22-4-3-7-35-22/h3-4,7-14H,5-6H2,1-2H3,(H,29,30)(H,31,32). The van der Waals surface area contributed by atoms with Crippen LogP contribution in [0, 0.1) is 0 Å². The van der Waals surface area contributed by atoms with Gasteiger partial charge in [-0.05, 0) is 37.7 Å². The first-order chi connectivity index (χ1) is 17.2. The van der Waals surface area contributed by atoms with Gasteiger partial charge >= 0.3 is 0 Å². The zero-order valence-electron chi connectivity index (χ0n) is 19.2. The molecule has 6 rings (SSSR count). The smallest absolute Gasteiger partial charge is 0.159 e. The summed E-state index contributed by atoms with van der Waals surface area (Å²) in [6.07, 6.45) is 8.92. The molecule has 0 amide bonds. The molecule has 0 aliphatic rings. The van der Waals surface area contributed by atoms with Crippen molar-refractivity contribution in [3.8, 4) is 39.0 Å². The van der Waals surface area contributed by atoms with Crippen LogP contribution >= 0.6 is 11.3 Å². The molecule has 2 N–H and O–H groups in total. The van der Waals surface area contributed by atoms with Crippen LogP contribution in [-0.4, -0.2) is 67.3 Å². The molecule has 6 aromatic heterocycles. The average molecular weight is 483 g/mol. The highest BCUT2D eigenvalue weighted by molar-refractivity contribution is 7.13. The quantitative estimate of drug-likeness (QED) is 0.342. The second-order valence-electron chi connectivity index (χ2n) is 8.39. The van der Waals surface area contributed by atoms with Gasteiger partial charge in [-0.15, -0.1) is 11.3 Å². The Kier molecular flexibility index (Phi) is 5.44. The summed E-state index contributed by atoms with van der Waals surface area (Å²) >= 11 is 1.66. The minimum atomic E-state index is 0.588. The van der Waals surface area contributed by atoms with Gasteiger partial charge in [-0.3, -0.25) is 20.1 Å². The molecule has 9 nitrogen and oxygen atoms in total. The van der Waals surface area contributed by atoms with Crippen LogP contribution < -0.4 is 4.74 Å². The summed E-state index contributed by atoms with van der Waals surface area (Å²) in [5.74, 6) is 1.39. The van der Waals surface area contributed by atoms with E-state index in [-0.39, 0.29) is 0 Å². The number of hydrogen-bond acceptors (Lipinski definition) is 8. The first kappa shape index (κ1) is 21.4. The van der Waals surface area contributed by atoms with E-state index < -0.39 is 0 Å². The lowest BCUT2D eigenvalue weighted by Crippen LogP contribution is -2.19. The monoisotopic (exact) mass is 482 g/mol. The largest absolute Gasteiger partial charge is 0.491 e. The number of ether oxygens (including phenoxy) is 1. The summed E-state index contributed by atoms with van der Waals surface area (Å²) in [6.45, 7) is 1.42. The Labute approximate surface area is 204 Å². The van der Waals surface area contributed by atoms with Gasteiger partial charge in [0, 0.05) is 40.3 Å². The zero-order chi connectivity index (χ0) is 23.8. The van der Waals surface area contributed by atoms with Crippen LogP contribution in [0.4, 0.5) is 0 Å². The molecule has 0 radical (unpaired) electrons. The third-order valence-corrected chi connectivity index (χ3v) is 6.57. The lowest BCUT2D eigenvalue weighted by atomic mass is 10.1. The van der Waals surface area contributed by atoms with Crippen molar-refractivity contribution in [2.45, 2.75) is 0 Å². The molecule has 0 bridgehead atoms. The third kappa shape index (κ3) is 4.13. The van der Waals surface area contributed by atoms with E-state index in [1.807, 2.05) is 38.5 Å². The number of H-pyrrole nitrogens is 2. The normalized spacial score (nSPS) is 11.6. The first-order valence-corrected chi connectivity index (χ1v) is 12.0. The van der Waals surface area contributed by atoms with Gasteiger partial charge in [-0.25, -0.2) is 4.98 Å². The number of nitrogens with one attached hydrogen (secondary N) is 2. The Bertz CT molecular complexity index is 1620. The Morgan fingerprint density at radius 2 is 1.94 bits per heavy atom. The van der Waals surface area contributed by atoms with E-state index in [0.29, 0.717) is 18.2 Å². The Morgan fingerprint density at radius 3 is 2.80 bits per heavy atom. The van der Waals surface area contributed by atoms with Crippen LogP contribution in [0.15, 0.2) is 60.6 Å². The van der Waals surface area contributed by atoms with E-state index >= 15 is 0 Å². The number of fused-ring (bicyclic) bond motifs is 2. The second kappa shape index (κ2) is 8.90. The van der Waals surface area contributed by atoms with Crippen molar-refractivity contribution in [2.75, 3.05) is 27.2 Å². The SMILES string of the molecule is CN(C)CCOc1cncc(-c2cc3c(-c4nc5c(-c6cccs6)cncc5[nH]4)n[nH]c3cn2)c1. The highest BCUT2D eigenvalue weighted by Crippen LogP contribution is 2.33. The maximum absolute atomic E-state index is 5.85. The van der Waals surface area contributed by atoms with Crippen LogP contribution in [0.25, 0.3) is 55.2 Å². The third-order valence-electron chi connectivity index (χ3n) is 5.67. The topological polar surface area (TPSA) is 109 Å². The Balaban J connectivity index is 1.38. The van der Waals surface area contributed by atoms with E-state index in [0.717, 1.165) is 55.9 Å². The van der Waals surface area contributed by atoms with Gasteiger partial charge in [0.1, 0.15) is 23.6 Å². The van der Waals surface area contributed by atoms with E-state index in [1.165, 1.54) is 0 Å². The molecule has 10 heteroatoms. The number of imidazole rings is 1. The molecule has 0 saturated heterocycles. The Hall–Kier alpha value is -4.15. The molecule has 6 aromatic rings. The molecule has 0 unspecified atom stereocenters. The molecule has 35 heavy (non-hydrogen) atoms. The van der Waals surface area contributed by atoms with Crippen molar-refractivity contribution in [3.63, 3.8) is 0 Å². The van der Waals surface area contributed by atoms with Gasteiger partial charge in [0.15, 0.2) is 5.82 Å². The van der Waals surface area contributed by atoms with Crippen molar-refractivity contribution >= 4 is 33.3 Å². The van der Waals surface area contributed by atoms with Gasteiger partial charge in [-0.2, -0.15) is 5.10 Å². The van der Waals surface area contributed by atoms with Crippen molar-refractivity contribution < 1.29 is 4.74 Å². The highest BCUT2D eigenvalue weighted by Gasteiger charge is 2.17. The predicted molar refractivity (Wildman–Crippen MR) is 137 cm³/mol. The number of likely N-dealkylation sites (N-methyl/N-ethyl adjacent to an activating group) is 1. The molecule has 0 aromatic carbocycles. The van der Waals surface area contributed by atoms with Crippen LogP contribution in [0.2, 0.25) is 0 Å². The fourth-order valence-corrected chi connectivity index (χ4v) is 4.63. The summed E-state index contributed by atoms with van der Waals surface area (Å²) in [7, 11) is 4.03. The molecule has 0 aliphatic carbocycles. The fourth-order valence-electron chi connectivity index (χ4n) is 3.90. The molecule has 174 valence electrons. The maximum atomic E-state index is 5.85. The van der Waals surface area contributed by atoms with E-state index in [1.54, 1.807) is 36.1 Å². The zero-order valence-corrected chi connectivity index (χ0v) is 20.0. The van der Waals surface area contributed by atoms with Crippen LogP contribution in [0.5, 0.6) is 5.75 Å². The summed E-state index contributed by atoms with van der Waals surface area (Å²) in [6, 6.07) is 8.06. The van der Waals surface area contributed by atoms with Gasteiger partial charge in [-0.1, -0.05) is 6.07 Å². The van der Waals surface area contributed by atoms with Gasteiger partial charge in [0.2, 0.25) is 0 Å². The molecule has 6 heterocycles. The van der Waals surface area contributed by atoms with Crippen LogP contribution in [-0.2, 0) is 0 Å². The van der Waals surface area contributed by atoms with E-state index in [9.17, 15) is 0 Å². The molecule has 0 atom stereocenters. The fraction of sp³-hybridized carbons (Fsp3) is 0.160. The van der Waals surface area contributed by atoms with Gasteiger partial charge in [0.05, 0.1) is 35.3 Å². The second-order valence-corrected chi connectivity index (χ2v) is 9.34. The number of pyridine rings is 3. The molecule has 0 spiro atoms. The van der Waals surface area contributed by atoms with Crippen molar-refractivity contribution in [3.05, 3.63) is 60.6 Å². The molecular weight excluding hydrogens is 460 g/mol. The molecule has 0 fully saturated rings. The minimum Gasteiger partial charge on any atom is -0.491 e. The van der Waals surface area contributed by atoms with Crippen molar-refractivity contribution in [1.82, 2.24) is 40.0 Å². The summed E-state index contributed by atoms with van der Waals surface area (Å²) < 4.78 is 5.85. The summed E-state index contributed by atoms with van der Waals surface area (Å²) in [5, 5.41) is 10.6. The maximum Gasteiger partial charge on any atom is 0.159 e. The molecular formula is C25H22N8OS. The molecule has 0 aliphatic heterocycles. The first-order valence-electron chi connectivity index (χ1n) is 11.1. The predicted octanol–water partition coefficient (Wildman–Crippen LogP) is 4.63. The number of aromatic nitrogens is 7. The lowest BCUT2D eigenvalue weighted by molar-refractivity contribution is 0.261. The molecule has 0 saturated carbocycles. The minimum absolute atomic E-state index is 0.588. The van der Waals surface area contributed by atoms with Gasteiger partial charge in [0.25, 0.3) is 0 Å². The number of rotatable bonds is 7. The highest BCUT2D eigenvalue weighted by atomic mass is 32.1. The summed E-state index contributed by atoms with van der Waals surface area (Å²) in [5.41, 5.74) is 5.94. The average Bonchev–Trinajstić information content (AvgIpc) is 3.62. The van der Waals surface area contributed by atoms with E-state index in [2.05, 4.69) is 46.5 Å². The number of hydrogen-bond donors (Lipinski definition) is 2. The summed E-state index contributed by atoms with van der Waals surface area (Å²) in [4.78, 5) is 24.8. The Morgan fingerprint density at radius 1 is 1.03 bits per heavy atom. The van der Waals surface area contributed by atoms with Crippen molar-refractivity contribution in [2.24, 2.45) is 0 Å². The van der Waals surface area contributed by atoms with Crippen LogP contribution in [0.1, 0.15) is 0 Å². The van der Waals surface area contributed by atoms with E-state index in [4.69, 9.17) is 9.72 Å². The van der Waals surface area contributed by atoms with Crippen LogP contribution in [0.3, 0.4) is 0 Å². The lowest BCUT2D eigenvalue weighted by Gasteiger charge is -2.11. The number of thiophene rings is 1. The van der Waals surface area contributed by atoms with Crippen molar-refractivity contribution in [1.29, 1.82) is 0 Å².